The molecule has 1 aromatic carbocycles. The Morgan fingerprint density at radius 2 is 2.00 bits per heavy atom. The molecule has 1 N–H and O–H groups in total. The Morgan fingerprint density at radius 3 is 2.67 bits per heavy atom. The van der Waals surface area contributed by atoms with Crippen molar-refractivity contribution >= 4 is 17.5 Å². The molecule has 18 heavy (non-hydrogen) atoms. The number of anilines is 1. The van der Waals surface area contributed by atoms with E-state index >= 15 is 0 Å². The maximum atomic E-state index is 6.27. The van der Waals surface area contributed by atoms with Gasteiger partial charge in [-0.05, 0) is 45.4 Å². The predicted octanol–water partition coefficient (Wildman–Crippen LogP) is 3.96. The van der Waals surface area contributed by atoms with Crippen molar-refractivity contribution in [2.24, 2.45) is 0 Å². The molecule has 0 unspecified atom stereocenters. The van der Waals surface area contributed by atoms with E-state index in [9.17, 15) is 0 Å². The second-order valence-electron chi connectivity index (χ2n) is 4.83. The fourth-order valence-corrected chi connectivity index (χ4v) is 2.06. The highest BCUT2D eigenvalue weighted by atomic mass is 35.5. The van der Waals surface area contributed by atoms with Crippen molar-refractivity contribution in [2.45, 2.75) is 33.7 Å². The van der Waals surface area contributed by atoms with Gasteiger partial charge in [0.15, 0.2) is 0 Å². The molecule has 1 aromatic heterocycles. The molecular weight excluding hydrogens is 246 g/mol. The largest absolute Gasteiger partial charge is 0.353 e. The van der Waals surface area contributed by atoms with Crippen molar-refractivity contribution in [2.75, 3.05) is 5.32 Å². The molecular formula is C14H18ClN3. The van der Waals surface area contributed by atoms with Crippen LogP contribution in [0, 0.1) is 13.8 Å². The molecule has 0 fully saturated rings. The van der Waals surface area contributed by atoms with Gasteiger partial charge in [-0.25, -0.2) is 4.98 Å². The first-order valence-electron chi connectivity index (χ1n) is 6.06. The standard InChI is InChI=1S/C14H18ClN3/c1-9(2)16-14-17-11(4)8-18(14)13-7-10(3)5-6-12(13)15/h5-9H,1-4H3,(H,16,17). The molecule has 0 atom stereocenters. The zero-order valence-corrected chi connectivity index (χ0v) is 11.9. The molecule has 0 amide bonds. The van der Waals surface area contributed by atoms with Gasteiger partial charge in [0.1, 0.15) is 0 Å². The monoisotopic (exact) mass is 263 g/mol. The molecule has 0 bridgehead atoms. The number of hydrogen-bond acceptors (Lipinski definition) is 2. The summed E-state index contributed by atoms with van der Waals surface area (Å²) in [5.74, 6) is 0.829. The zero-order valence-electron chi connectivity index (χ0n) is 11.2. The van der Waals surface area contributed by atoms with Crippen molar-refractivity contribution in [3.05, 3.63) is 40.7 Å². The second-order valence-corrected chi connectivity index (χ2v) is 5.24. The topological polar surface area (TPSA) is 29.9 Å². The van der Waals surface area contributed by atoms with Gasteiger partial charge in [-0.15, -0.1) is 0 Å². The minimum atomic E-state index is 0.328. The third-order valence-corrected chi connectivity index (χ3v) is 2.92. The molecule has 2 aromatic rings. The quantitative estimate of drug-likeness (QED) is 0.908. The van der Waals surface area contributed by atoms with Gasteiger partial charge in [-0.1, -0.05) is 17.7 Å². The second kappa shape index (κ2) is 5.02. The average Bonchev–Trinajstić information content (AvgIpc) is 2.62. The molecule has 96 valence electrons. The van der Waals surface area contributed by atoms with Crippen LogP contribution in [0.5, 0.6) is 0 Å². The van der Waals surface area contributed by atoms with E-state index in [1.807, 2.05) is 29.8 Å². The first kappa shape index (κ1) is 13.0. The lowest BCUT2D eigenvalue weighted by Crippen LogP contribution is -2.14. The summed E-state index contributed by atoms with van der Waals surface area (Å²) in [4.78, 5) is 4.49. The van der Waals surface area contributed by atoms with E-state index in [2.05, 4.69) is 37.1 Å². The Balaban J connectivity index is 2.52. The first-order valence-corrected chi connectivity index (χ1v) is 6.44. The maximum absolute atomic E-state index is 6.27. The van der Waals surface area contributed by atoms with Crippen LogP contribution >= 0.6 is 11.6 Å². The summed E-state index contributed by atoms with van der Waals surface area (Å²) in [6, 6.07) is 6.31. The molecule has 4 heteroatoms. The lowest BCUT2D eigenvalue weighted by atomic mass is 10.2. The number of benzene rings is 1. The minimum absolute atomic E-state index is 0.328. The van der Waals surface area contributed by atoms with Gasteiger partial charge in [0.05, 0.1) is 16.4 Å². The summed E-state index contributed by atoms with van der Waals surface area (Å²) in [7, 11) is 0. The summed E-state index contributed by atoms with van der Waals surface area (Å²) < 4.78 is 2.00. The molecule has 0 radical (unpaired) electrons. The number of imidazole rings is 1. The minimum Gasteiger partial charge on any atom is -0.353 e. The predicted molar refractivity (Wildman–Crippen MR) is 76.8 cm³/mol. The number of nitrogens with one attached hydrogen (secondary N) is 1. The molecule has 0 spiro atoms. The summed E-state index contributed by atoms with van der Waals surface area (Å²) in [6.07, 6.45) is 1.99. The van der Waals surface area contributed by atoms with Gasteiger partial charge < -0.3 is 5.32 Å². The normalized spacial score (nSPS) is 11.0. The van der Waals surface area contributed by atoms with Crippen LogP contribution in [0.25, 0.3) is 5.69 Å². The Labute approximate surface area is 113 Å². The number of rotatable bonds is 3. The highest BCUT2D eigenvalue weighted by Gasteiger charge is 2.11. The summed E-state index contributed by atoms with van der Waals surface area (Å²) in [6.45, 7) is 8.21. The fourth-order valence-electron chi connectivity index (χ4n) is 1.85. The zero-order chi connectivity index (χ0) is 13.3. The van der Waals surface area contributed by atoms with Crippen LogP contribution in [0.2, 0.25) is 5.02 Å². The molecule has 0 aliphatic heterocycles. The molecule has 0 saturated carbocycles. The number of halogens is 1. The fraction of sp³-hybridized carbons (Fsp3) is 0.357. The van der Waals surface area contributed by atoms with E-state index in [-0.39, 0.29) is 0 Å². The third kappa shape index (κ3) is 2.67. The summed E-state index contributed by atoms with van der Waals surface area (Å²) in [5.41, 5.74) is 3.10. The van der Waals surface area contributed by atoms with Gasteiger partial charge in [0.25, 0.3) is 0 Å². The average molecular weight is 264 g/mol. The van der Waals surface area contributed by atoms with Gasteiger partial charge in [-0.3, -0.25) is 4.57 Å². The molecule has 0 aliphatic rings. The van der Waals surface area contributed by atoms with Crippen LogP contribution in [0.3, 0.4) is 0 Å². The Kier molecular flexibility index (Phi) is 3.62. The lowest BCUT2D eigenvalue weighted by molar-refractivity contribution is 0.863. The van der Waals surface area contributed by atoms with Gasteiger partial charge in [-0.2, -0.15) is 0 Å². The smallest absolute Gasteiger partial charge is 0.207 e. The number of nitrogens with zero attached hydrogens (tertiary/aromatic N) is 2. The van der Waals surface area contributed by atoms with E-state index in [0.717, 1.165) is 22.4 Å². The van der Waals surface area contributed by atoms with Crippen molar-refractivity contribution in [1.29, 1.82) is 0 Å². The number of hydrogen-bond donors (Lipinski definition) is 1. The molecule has 0 aliphatic carbocycles. The van der Waals surface area contributed by atoms with Crippen LogP contribution < -0.4 is 5.32 Å². The van der Waals surface area contributed by atoms with E-state index in [4.69, 9.17) is 11.6 Å². The molecule has 3 nitrogen and oxygen atoms in total. The van der Waals surface area contributed by atoms with Gasteiger partial charge >= 0.3 is 0 Å². The molecule has 0 saturated heterocycles. The van der Waals surface area contributed by atoms with Crippen molar-refractivity contribution in [3.8, 4) is 5.69 Å². The maximum Gasteiger partial charge on any atom is 0.207 e. The van der Waals surface area contributed by atoms with Gasteiger partial charge in [0, 0.05) is 12.2 Å². The van der Waals surface area contributed by atoms with Crippen LogP contribution in [-0.4, -0.2) is 15.6 Å². The SMILES string of the molecule is Cc1ccc(Cl)c(-n2cc(C)nc2NC(C)C)c1. The number of aryl methyl sites for hydroxylation is 2. The number of aromatic nitrogens is 2. The molecule has 1 heterocycles. The highest BCUT2D eigenvalue weighted by Crippen LogP contribution is 2.25. The van der Waals surface area contributed by atoms with E-state index in [0.29, 0.717) is 6.04 Å². The Bertz CT molecular complexity index is 558. The third-order valence-electron chi connectivity index (χ3n) is 2.61. The van der Waals surface area contributed by atoms with Crippen LogP contribution in [-0.2, 0) is 0 Å². The van der Waals surface area contributed by atoms with Crippen LogP contribution in [0.4, 0.5) is 5.95 Å². The van der Waals surface area contributed by atoms with E-state index in [1.165, 1.54) is 5.56 Å². The van der Waals surface area contributed by atoms with E-state index in [1.54, 1.807) is 0 Å². The Hall–Kier alpha value is -1.48. The van der Waals surface area contributed by atoms with Crippen molar-refractivity contribution in [1.82, 2.24) is 9.55 Å². The highest BCUT2D eigenvalue weighted by molar-refractivity contribution is 6.32. The van der Waals surface area contributed by atoms with E-state index < -0.39 is 0 Å². The summed E-state index contributed by atoms with van der Waals surface area (Å²) in [5, 5.41) is 4.06. The van der Waals surface area contributed by atoms with Crippen LogP contribution in [0.15, 0.2) is 24.4 Å². The van der Waals surface area contributed by atoms with Gasteiger partial charge in [0.2, 0.25) is 5.95 Å². The van der Waals surface area contributed by atoms with Crippen molar-refractivity contribution in [3.63, 3.8) is 0 Å². The Morgan fingerprint density at radius 1 is 1.28 bits per heavy atom. The first-order chi connectivity index (χ1) is 8.47. The summed E-state index contributed by atoms with van der Waals surface area (Å²) >= 11 is 6.27. The lowest BCUT2D eigenvalue weighted by Gasteiger charge is -2.13. The van der Waals surface area contributed by atoms with Crippen LogP contribution in [0.1, 0.15) is 25.1 Å². The molecule has 2 rings (SSSR count). The van der Waals surface area contributed by atoms with Crippen molar-refractivity contribution < 1.29 is 0 Å².